The van der Waals surface area contributed by atoms with E-state index in [4.69, 9.17) is 0 Å². The molecule has 0 N–H and O–H groups in total. The van der Waals surface area contributed by atoms with Gasteiger partial charge in [-0.05, 0) is 36.8 Å². The Morgan fingerprint density at radius 2 is 1.74 bits per heavy atom. The van der Waals surface area contributed by atoms with Crippen molar-refractivity contribution in [2.45, 2.75) is 68.6 Å². The summed E-state index contributed by atoms with van der Waals surface area (Å²) in [6.07, 6.45) is 5.02. The van der Waals surface area contributed by atoms with Crippen LogP contribution in [0.2, 0.25) is 0 Å². The van der Waals surface area contributed by atoms with Crippen molar-refractivity contribution in [2.24, 2.45) is 0 Å². The molecule has 35 heavy (non-hydrogen) atoms. The molecule has 0 radical (unpaired) electrons. The Hall–Kier alpha value is -2.20. The highest BCUT2D eigenvalue weighted by Gasteiger charge is 2.34. The van der Waals surface area contributed by atoms with E-state index in [2.05, 4.69) is 14.5 Å². The second-order valence-corrected chi connectivity index (χ2v) is 10.2. The molecule has 4 rings (SSSR count). The summed E-state index contributed by atoms with van der Waals surface area (Å²) in [5.41, 5.74) is 0.599. The van der Waals surface area contributed by atoms with E-state index in [1.165, 1.54) is 6.07 Å². The summed E-state index contributed by atoms with van der Waals surface area (Å²) in [6, 6.07) is 5.58. The van der Waals surface area contributed by atoms with Gasteiger partial charge in [0.05, 0.1) is 23.1 Å². The number of nitrogens with zero attached hydrogens (tertiary/aromatic N) is 4. The zero-order valence-corrected chi connectivity index (χ0v) is 20.2. The lowest BCUT2D eigenvalue weighted by Crippen LogP contribution is -2.38. The maximum atomic E-state index is 13.3. The third-order valence-corrected chi connectivity index (χ3v) is 7.42. The fraction of sp³-hybridized carbons (Fsp3) is 0.520. The quantitative estimate of drug-likeness (QED) is 0.166. The highest BCUT2D eigenvalue weighted by Crippen LogP contribution is 2.34. The third-order valence-electron chi connectivity index (χ3n) is 6.26. The van der Waals surface area contributed by atoms with Gasteiger partial charge in [0.25, 0.3) is 5.92 Å². The number of aromatic nitrogens is 3. The molecule has 1 fully saturated rings. The average Bonchev–Trinajstić information content (AvgIpc) is 3.26. The highest BCUT2D eigenvalue weighted by molar-refractivity contribution is 7.99. The molecule has 1 saturated heterocycles. The van der Waals surface area contributed by atoms with Crippen molar-refractivity contribution in [2.75, 3.05) is 18.8 Å². The van der Waals surface area contributed by atoms with Gasteiger partial charge in [0.1, 0.15) is 0 Å². The lowest BCUT2D eigenvalue weighted by atomic mass is 10.1. The van der Waals surface area contributed by atoms with Gasteiger partial charge in [-0.1, -0.05) is 18.9 Å². The molecule has 0 unspecified atom stereocenters. The van der Waals surface area contributed by atoms with E-state index >= 15 is 0 Å². The molecular formula is C25H29F5N4S. The fourth-order valence-electron chi connectivity index (χ4n) is 4.23. The number of piperidine rings is 1. The van der Waals surface area contributed by atoms with Crippen LogP contribution in [0.25, 0.3) is 10.9 Å². The van der Waals surface area contributed by atoms with Gasteiger partial charge in [0.2, 0.25) is 0 Å². The molecule has 1 aliphatic heterocycles. The maximum Gasteiger partial charge on any atom is 0.416 e. The molecule has 2 aromatic heterocycles. The van der Waals surface area contributed by atoms with Crippen LogP contribution in [-0.2, 0) is 19.3 Å². The Labute approximate surface area is 205 Å². The minimum absolute atomic E-state index is 0.0810. The Balaban J connectivity index is 1.14. The van der Waals surface area contributed by atoms with Crippen molar-refractivity contribution < 1.29 is 22.0 Å². The first-order chi connectivity index (χ1) is 16.7. The molecule has 0 spiro atoms. The lowest BCUT2D eigenvalue weighted by Gasteiger charge is -2.31. The van der Waals surface area contributed by atoms with E-state index in [-0.39, 0.29) is 12.8 Å². The summed E-state index contributed by atoms with van der Waals surface area (Å²) in [5, 5.41) is 0.750. The van der Waals surface area contributed by atoms with Crippen LogP contribution in [0.3, 0.4) is 0 Å². The Morgan fingerprint density at radius 1 is 0.971 bits per heavy atom. The van der Waals surface area contributed by atoms with Gasteiger partial charge in [0, 0.05) is 61.7 Å². The SMILES string of the molecule is FC1(F)CCN(Cc2cn(CCCCCCSc3ccnc4cc(C(F)(F)F)ccc34)cn2)CC1. The molecule has 0 aliphatic carbocycles. The summed E-state index contributed by atoms with van der Waals surface area (Å²) in [6.45, 7) is 2.29. The normalized spacial score (nSPS) is 16.7. The zero-order chi connectivity index (χ0) is 24.9. The van der Waals surface area contributed by atoms with E-state index in [1.54, 1.807) is 18.0 Å². The van der Waals surface area contributed by atoms with Gasteiger partial charge >= 0.3 is 6.18 Å². The van der Waals surface area contributed by atoms with Crippen molar-refractivity contribution in [3.8, 4) is 0 Å². The van der Waals surface area contributed by atoms with E-state index < -0.39 is 17.7 Å². The largest absolute Gasteiger partial charge is 0.416 e. The predicted molar refractivity (Wildman–Crippen MR) is 128 cm³/mol. The van der Waals surface area contributed by atoms with Gasteiger partial charge in [-0.3, -0.25) is 9.88 Å². The zero-order valence-electron chi connectivity index (χ0n) is 19.4. The number of halogens is 5. The number of likely N-dealkylation sites (tertiary alicyclic amines) is 1. The number of unbranched alkanes of at least 4 members (excludes halogenated alkanes) is 3. The standard InChI is InChI=1S/C25H29F5N4S/c26-24(27)8-12-33(13-9-24)16-20-17-34(18-32-20)11-3-1-2-4-14-35-23-7-10-31-22-15-19(25(28,29)30)5-6-21(22)23/h5-7,10,15,17-18H,1-4,8-9,11-14,16H2. The number of benzene rings is 1. The first kappa shape index (κ1) is 25.9. The van der Waals surface area contributed by atoms with Gasteiger partial charge in [0.15, 0.2) is 0 Å². The molecule has 1 aliphatic rings. The van der Waals surface area contributed by atoms with Crippen molar-refractivity contribution in [1.29, 1.82) is 0 Å². The molecule has 3 heterocycles. The molecule has 3 aromatic rings. The number of hydrogen-bond donors (Lipinski definition) is 0. The summed E-state index contributed by atoms with van der Waals surface area (Å²) in [4.78, 5) is 11.5. The minimum atomic E-state index is -4.37. The van der Waals surface area contributed by atoms with Crippen molar-refractivity contribution >= 4 is 22.7 Å². The van der Waals surface area contributed by atoms with Gasteiger partial charge in [-0.15, -0.1) is 11.8 Å². The molecule has 0 bridgehead atoms. The van der Waals surface area contributed by atoms with Crippen molar-refractivity contribution in [3.63, 3.8) is 0 Å². The van der Waals surface area contributed by atoms with Crippen LogP contribution in [0.4, 0.5) is 22.0 Å². The predicted octanol–water partition coefficient (Wildman–Crippen LogP) is 7.03. The third kappa shape index (κ3) is 7.39. The second kappa shape index (κ2) is 11.2. The molecule has 1 aromatic carbocycles. The van der Waals surface area contributed by atoms with Crippen LogP contribution in [0.15, 0.2) is 47.9 Å². The number of rotatable bonds is 10. The number of aryl methyl sites for hydroxylation is 1. The number of thioether (sulfide) groups is 1. The van der Waals surface area contributed by atoms with Crippen LogP contribution in [0.5, 0.6) is 0 Å². The maximum absolute atomic E-state index is 13.3. The topological polar surface area (TPSA) is 34.0 Å². The Kier molecular flexibility index (Phi) is 8.31. The average molecular weight is 513 g/mol. The highest BCUT2D eigenvalue weighted by atomic mass is 32.2. The van der Waals surface area contributed by atoms with Crippen LogP contribution in [0.1, 0.15) is 49.8 Å². The molecule has 10 heteroatoms. The van der Waals surface area contributed by atoms with Crippen molar-refractivity contribution in [3.05, 3.63) is 54.2 Å². The molecule has 0 saturated carbocycles. The van der Waals surface area contributed by atoms with Gasteiger partial charge in [-0.25, -0.2) is 13.8 Å². The summed E-state index contributed by atoms with van der Waals surface area (Å²) in [5.74, 6) is -1.63. The fourth-order valence-corrected chi connectivity index (χ4v) is 5.29. The molecular weight excluding hydrogens is 483 g/mol. The van der Waals surface area contributed by atoms with Crippen LogP contribution in [-0.4, -0.2) is 44.2 Å². The first-order valence-corrected chi connectivity index (χ1v) is 12.9. The van der Waals surface area contributed by atoms with E-state index in [9.17, 15) is 22.0 Å². The van der Waals surface area contributed by atoms with E-state index in [1.807, 2.05) is 23.5 Å². The van der Waals surface area contributed by atoms with Crippen LogP contribution >= 0.6 is 11.8 Å². The molecule has 190 valence electrons. The van der Waals surface area contributed by atoms with Crippen molar-refractivity contribution in [1.82, 2.24) is 19.4 Å². The number of hydrogen-bond acceptors (Lipinski definition) is 4. The van der Waals surface area contributed by atoms with Crippen LogP contribution < -0.4 is 0 Å². The van der Waals surface area contributed by atoms with E-state index in [0.29, 0.717) is 25.2 Å². The molecule has 0 amide bonds. The summed E-state index contributed by atoms with van der Waals surface area (Å²) >= 11 is 1.65. The Bertz CT molecular complexity index is 1100. The second-order valence-electron chi connectivity index (χ2n) is 9.04. The number of fused-ring (bicyclic) bond motifs is 1. The Morgan fingerprint density at radius 3 is 2.51 bits per heavy atom. The lowest BCUT2D eigenvalue weighted by molar-refractivity contribution is -0.137. The molecule has 4 nitrogen and oxygen atoms in total. The number of pyridine rings is 1. The first-order valence-electron chi connectivity index (χ1n) is 11.9. The van der Waals surface area contributed by atoms with Gasteiger partial charge < -0.3 is 4.57 Å². The van der Waals surface area contributed by atoms with Gasteiger partial charge in [-0.2, -0.15) is 13.2 Å². The number of alkyl halides is 5. The monoisotopic (exact) mass is 512 g/mol. The summed E-state index contributed by atoms with van der Waals surface area (Å²) < 4.78 is 67.4. The molecule has 0 atom stereocenters. The number of imidazole rings is 1. The minimum Gasteiger partial charge on any atom is -0.337 e. The summed E-state index contributed by atoms with van der Waals surface area (Å²) in [7, 11) is 0. The van der Waals surface area contributed by atoms with E-state index in [0.717, 1.165) is 66.1 Å². The van der Waals surface area contributed by atoms with Crippen LogP contribution in [0, 0.1) is 0 Å². The smallest absolute Gasteiger partial charge is 0.337 e.